The van der Waals surface area contributed by atoms with Gasteiger partial charge < -0.3 is 5.41 Å². The quantitative estimate of drug-likeness (QED) is 0.426. The second-order valence-electron chi connectivity index (χ2n) is 10.6. The third kappa shape index (κ3) is 5.14. The van der Waals surface area contributed by atoms with Crippen LogP contribution < -0.4 is 0 Å². The molecule has 1 aromatic rings. The molecule has 0 bridgehead atoms. The van der Waals surface area contributed by atoms with Gasteiger partial charge in [0.1, 0.15) is 0 Å². The molecule has 154 valence electrons. The average molecular weight is 404 g/mol. The molecule has 0 radical (unpaired) electrons. The van der Waals surface area contributed by atoms with Crippen LogP contribution in [0, 0.1) is 16.2 Å². The second-order valence-corrected chi connectivity index (χ2v) is 11.0. The Morgan fingerprint density at radius 1 is 0.786 bits per heavy atom. The molecule has 0 heterocycles. The fraction of sp³-hybridized carbons (Fsp3) is 0.542. The topological polar surface area (TPSA) is 42.3 Å². The van der Waals surface area contributed by atoms with E-state index in [1.54, 1.807) is 0 Å². The Balaban J connectivity index is 2.78. The van der Waals surface area contributed by atoms with E-state index < -0.39 is 11.2 Å². The molecule has 1 aromatic carbocycles. The molecule has 1 aliphatic carbocycles. The number of hydrogen-bond donors (Lipinski definition) is 1. The number of hydrogen-bond acceptors (Lipinski definition) is 3. The van der Waals surface area contributed by atoms with Crippen LogP contribution in [0.3, 0.4) is 0 Å². The fourth-order valence-electron chi connectivity index (χ4n) is 3.11. The smallest absolute Gasteiger partial charge is 0.166 e. The molecule has 0 aliphatic heterocycles. The zero-order valence-corrected chi connectivity index (χ0v) is 19.4. The molecular formula is C24H34ClNO2. The Labute approximate surface area is 175 Å². The lowest BCUT2D eigenvalue weighted by atomic mass is 9.68. The zero-order valence-electron chi connectivity index (χ0n) is 18.7. The van der Waals surface area contributed by atoms with E-state index in [1.807, 2.05) is 57.2 Å². The van der Waals surface area contributed by atoms with E-state index in [0.717, 1.165) is 16.7 Å². The summed E-state index contributed by atoms with van der Waals surface area (Å²) in [5.41, 5.74) is 1.50. The van der Waals surface area contributed by atoms with E-state index in [9.17, 15) is 0 Å². The van der Waals surface area contributed by atoms with Gasteiger partial charge in [-0.1, -0.05) is 65.3 Å². The van der Waals surface area contributed by atoms with E-state index in [4.69, 9.17) is 26.8 Å². The van der Waals surface area contributed by atoms with Gasteiger partial charge in [-0.15, -0.1) is 0 Å². The molecule has 0 spiro atoms. The molecular weight excluding hydrogens is 370 g/mol. The minimum Gasteiger partial charge on any atom is -0.300 e. The average Bonchev–Trinajstić information content (AvgIpc) is 2.52. The highest BCUT2D eigenvalue weighted by Crippen LogP contribution is 2.45. The van der Waals surface area contributed by atoms with Crippen LogP contribution in [0.2, 0.25) is 5.02 Å². The van der Waals surface area contributed by atoms with Crippen LogP contribution in [0.5, 0.6) is 0 Å². The van der Waals surface area contributed by atoms with Crippen molar-refractivity contribution in [2.24, 2.45) is 10.8 Å². The number of halogens is 1. The third-order valence-corrected chi connectivity index (χ3v) is 4.85. The van der Waals surface area contributed by atoms with Crippen molar-refractivity contribution in [2.45, 2.75) is 73.5 Å². The predicted octanol–water partition coefficient (Wildman–Crippen LogP) is 7.26. The summed E-state index contributed by atoms with van der Waals surface area (Å²) in [6.07, 6.45) is 4.05. The summed E-state index contributed by atoms with van der Waals surface area (Å²) >= 11 is 6.13. The lowest BCUT2D eigenvalue weighted by molar-refractivity contribution is -0.388. The molecule has 3 nitrogen and oxygen atoms in total. The summed E-state index contributed by atoms with van der Waals surface area (Å²) in [4.78, 5) is 12.0. The van der Waals surface area contributed by atoms with E-state index in [-0.39, 0.29) is 10.8 Å². The van der Waals surface area contributed by atoms with Gasteiger partial charge in [0.15, 0.2) is 5.60 Å². The summed E-state index contributed by atoms with van der Waals surface area (Å²) in [5, 5.41) is 9.55. The van der Waals surface area contributed by atoms with Crippen molar-refractivity contribution in [3.8, 4) is 0 Å². The van der Waals surface area contributed by atoms with Crippen molar-refractivity contribution in [3.63, 3.8) is 0 Å². The third-order valence-electron chi connectivity index (χ3n) is 4.60. The molecule has 1 aliphatic rings. The predicted molar refractivity (Wildman–Crippen MR) is 118 cm³/mol. The lowest BCUT2D eigenvalue weighted by Crippen LogP contribution is -2.38. The molecule has 1 N–H and O–H groups in total. The number of rotatable bonds is 3. The largest absolute Gasteiger partial charge is 0.300 e. The lowest BCUT2D eigenvalue weighted by Gasteiger charge is -2.40. The van der Waals surface area contributed by atoms with Crippen LogP contribution in [0.25, 0.3) is 0 Å². The molecule has 0 aromatic heterocycles. The summed E-state index contributed by atoms with van der Waals surface area (Å²) in [6, 6.07) is 7.62. The minimum atomic E-state index is -0.937. The maximum atomic E-state index is 8.89. The first-order chi connectivity index (χ1) is 12.6. The van der Waals surface area contributed by atoms with Crippen molar-refractivity contribution in [2.75, 3.05) is 0 Å². The van der Waals surface area contributed by atoms with Gasteiger partial charge in [0.05, 0.1) is 11.3 Å². The van der Waals surface area contributed by atoms with E-state index in [0.29, 0.717) is 10.7 Å². The van der Waals surface area contributed by atoms with Crippen LogP contribution in [-0.4, -0.2) is 11.3 Å². The molecule has 28 heavy (non-hydrogen) atoms. The highest BCUT2D eigenvalue weighted by atomic mass is 35.5. The van der Waals surface area contributed by atoms with Gasteiger partial charge >= 0.3 is 0 Å². The van der Waals surface area contributed by atoms with Gasteiger partial charge in [-0.2, -0.15) is 0 Å². The van der Waals surface area contributed by atoms with Gasteiger partial charge in [0.25, 0.3) is 0 Å². The molecule has 0 unspecified atom stereocenters. The van der Waals surface area contributed by atoms with Gasteiger partial charge in [0, 0.05) is 5.02 Å². The summed E-state index contributed by atoms with van der Waals surface area (Å²) in [6.45, 7) is 18.6. The van der Waals surface area contributed by atoms with Crippen molar-refractivity contribution >= 4 is 17.3 Å². The number of allylic oxidation sites excluding steroid dienone is 2. The molecule has 0 atom stereocenters. The molecule has 0 amide bonds. The first-order valence-electron chi connectivity index (χ1n) is 9.74. The second kappa shape index (κ2) is 7.44. The van der Waals surface area contributed by atoms with E-state index in [2.05, 4.69) is 41.5 Å². The Bertz CT molecular complexity index is 763. The number of nitrogens with one attached hydrogen (secondary N) is 1. The Kier molecular flexibility index (Phi) is 6.07. The summed E-state index contributed by atoms with van der Waals surface area (Å²) < 4.78 is 0. The fourth-order valence-corrected chi connectivity index (χ4v) is 3.24. The first kappa shape index (κ1) is 22.9. The molecule has 0 saturated heterocycles. The Morgan fingerprint density at radius 2 is 1.21 bits per heavy atom. The number of benzene rings is 1. The molecule has 0 fully saturated rings. The van der Waals surface area contributed by atoms with Gasteiger partial charge in [-0.05, 0) is 72.6 Å². The van der Waals surface area contributed by atoms with Crippen LogP contribution >= 0.6 is 11.6 Å². The van der Waals surface area contributed by atoms with E-state index >= 15 is 0 Å². The van der Waals surface area contributed by atoms with Crippen LogP contribution in [0.15, 0.2) is 47.6 Å². The van der Waals surface area contributed by atoms with Crippen molar-refractivity contribution in [1.82, 2.24) is 0 Å². The standard InChI is InChI=1S/C24H34ClNO2/c1-21(2,3)18-14-24(28-27-23(7,8)9,16-10-12-17(25)13-11-16)15-19(20(18)26)22(4,5)6/h10-15,26H,1-9H3. The molecule has 4 heteroatoms. The highest BCUT2D eigenvalue weighted by molar-refractivity contribution is 6.30. The summed E-state index contributed by atoms with van der Waals surface area (Å²) in [5.74, 6) is 0. The van der Waals surface area contributed by atoms with Crippen molar-refractivity contribution < 1.29 is 9.78 Å². The van der Waals surface area contributed by atoms with Gasteiger partial charge in [-0.3, -0.25) is 0 Å². The van der Waals surface area contributed by atoms with Gasteiger partial charge in [0.2, 0.25) is 0 Å². The van der Waals surface area contributed by atoms with Crippen LogP contribution in [-0.2, 0) is 15.4 Å². The Hall–Kier alpha value is -1.42. The highest BCUT2D eigenvalue weighted by Gasteiger charge is 2.42. The zero-order chi connectivity index (χ0) is 21.5. The molecule has 0 saturated carbocycles. The van der Waals surface area contributed by atoms with Crippen molar-refractivity contribution in [3.05, 3.63) is 58.1 Å². The van der Waals surface area contributed by atoms with Crippen LogP contribution in [0.4, 0.5) is 0 Å². The Morgan fingerprint density at radius 3 is 1.57 bits per heavy atom. The minimum absolute atomic E-state index is 0.218. The summed E-state index contributed by atoms with van der Waals surface area (Å²) in [7, 11) is 0. The molecule has 2 rings (SSSR count). The maximum Gasteiger partial charge on any atom is 0.166 e. The van der Waals surface area contributed by atoms with Crippen LogP contribution in [0.1, 0.15) is 67.9 Å². The first-order valence-corrected chi connectivity index (χ1v) is 10.1. The van der Waals surface area contributed by atoms with Gasteiger partial charge in [-0.25, -0.2) is 9.78 Å². The normalized spacial score (nSPS) is 21.4. The monoisotopic (exact) mass is 403 g/mol. The van der Waals surface area contributed by atoms with Crippen molar-refractivity contribution in [1.29, 1.82) is 5.41 Å². The van der Waals surface area contributed by atoms with E-state index in [1.165, 1.54) is 0 Å². The SMILES string of the molecule is CC(C)(C)OOC1(c2ccc(Cl)cc2)C=C(C(C)(C)C)C(=N)C(C(C)(C)C)=C1. The maximum absolute atomic E-state index is 8.89.